The van der Waals surface area contributed by atoms with Gasteiger partial charge in [-0.25, -0.2) is 0 Å². The first-order valence-electron chi connectivity index (χ1n) is 8.62. The Morgan fingerprint density at radius 1 is 1.19 bits per heavy atom. The van der Waals surface area contributed by atoms with E-state index in [-0.39, 0.29) is 24.3 Å². The Morgan fingerprint density at radius 2 is 1.85 bits per heavy atom. The quantitative estimate of drug-likeness (QED) is 0.874. The highest BCUT2D eigenvalue weighted by Gasteiger charge is 2.34. The lowest BCUT2D eigenvalue weighted by Crippen LogP contribution is -2.37. The van der Waals surface area contributed by atoms with Crippen molar-refractivity contribution in [3.63, 3.8) is 0 Å². The molecule has 1 saturated heterocycles. The van der Waals surface area contributed by atoms with Gasteiger partial charge in [0, 0.05) is 12.1 Å². The van der Waals surface area contributed by atoms with Gasteiger partial charge in [-0.2, -0.15) is 13.2 Å². The molecule has 1 aliphatic rings. The van der Waals surface area contributed by atoms with Crippen LogP contribution in [0, 0.1) is 0 Å². The maximum atomic E-state index is 13.2. The van der Waals surface area contributed by atoms with Gasteiger partial charge >= 0.3 is 6.18 Å². The molecule has 1 aliphatic heterocycles. The van der Waals surface area contributed by atoms with E-state index in [9.17, 15) is 23.1 Å². The molecular weight excluding hydrogens is 359 g/mol. The predicted octanol–water partition coefficient (Wildman–Crippen LogP) is 3.98. The van der Waals surface area contributed by atoms with Crippen LogP contribution in [0.4, 0.5) is 13.2 Å². The van der Waals surface area contributed by atoms with Gasteiger partial charge in [0.1, 0.15) is 5.75 Å². The van der Waals surface area contributed by atoms with Crippen molar-refractivity contribution in [2.75, 3.05) is 20.3 Å². The summed E-state index contributed by atoms with van der Waals surface area (Å²) in [6, 6.07) is 10.1. The summed E-state index contributed by atoms with van der Waals surface area (Å²) in [5.74, 6) is -0.411. The zero-order valence-corrected chi connectivity index (χ0v) is 14.8. The Balaban J connectivity index is 1.86. The second-order valence-electron chi connectivity index (χ2n) is 6.47. The SMILES string of the molecule is COc1ccc(-c2ccc(C(=O)N3CCC[C@H]3CO)cc2)cc1C(F)(F)F. The number of likely N-dealkylation sites (tertiary alicyclic amines) is 1. The van der Waals surface area contributed by atoms with Gasteiger partial charge in [-0.05, 0) is 48.2 Å². The van der Waals surface area contributed by atoms with Gasteiger partial charge in [-0.1, -0.05) is 18.2 Å². The van der Waals surface area contributed by atoms with Crippen molar-refractivity contribution in [1.29, 1.82) is 0 Å². The number of rotatable bonds is 4. The summed E-state index contributed by atoms with van der Waals surface area (Å²) < 4.78 is 44.4. The second-order valence-corrected chi connectivity index (χ2v) is 6.47. The monoisotopic (exact) mass is 379 g/mol. The van der Waals surface area contributed by atoms with E-state index in [0.29, 0.717) is 23.2 Å². The van der Waals surface area contributed by atoms with Gasteiger partial charge in [-0.3, -0.25) is 4.79 Å². The number of alkyl halides is 3. The zero-order valence-electron chi connectivity index (χ0n) is 14.8. The number of aliphatic hydroxyl groups excluding tert-OH is 1. The number of carbonyl (C=O) groups excluding carboxylic acids is 1. The Kier molecular flexibility index (Phi) is 5.41. The van der Waals surface area contributed by atoms with E-state index in [1.165, 1.54) is 13.2 Å². The molecule has 0 aliphatic carbocycles. The van der Waals surface area contributed by atoms with Gasteiger partial charge in [0.05, 0.1) is 25.3 Å². The van der Waals surface area contributed by atoms with Crippen LogP contribution in [0.5, 0.6) is 5.75 Å². The highest BCUT2D eigenvalue weighted by Crippen LogP contribution is 2.38. The highest BCUT2D eigenvalue weighted by atomic mass is 19.4. The van der Waals surface area contributed by atoms with Crippen molar-refractivity contribution >= 4 is 5.91 Å². The number of nitrogens with zero attached hydrogens (tertiary/aromatic N) is 1. The Morgan fingerprint density at radius 3 is 2.44 bits per heavy atom. The molecule has 1 N–H and O–H groups in total. The fourth-order valence-corrected chi connectivity index (χ4v) is 3.37. The van der Waals surface area contributed by atoms with Gasteiger partial charge < -0.3 is 14.7 Å². The lowest BCUT2D eigenvalue weighted by atomic mass is 10.0. The van der Waals surface area contributed by atoms with Gasteiger partial charge in [0.15, 0.2) is 0 Å². The molecule has 27 heavy (non-hydrogen) atoms. The maximum absolute atomic E-state index is 13.2. The molecular formula is C20H20F3NO3. The predicted molar refractivity (Wildman–Crippen MR) is 94.6 cm³/mol. The number of halogens is 3. The Bertz CT molecular complexity index is 818. The van der Waals surface area contributed by atoms with Gasteiger partial charge in [0.2, 0.25) is 0 Å². The molecule has 0 saturated carbocycles. The number of benzene rings is 2. The van der Waals surface area contributed by atoms with Crippen molar-refractivity contribution in [2.45, 2.75) is 25.1 Å². The van der Waals surface area contributed by atoms with Crippen LogP contribution in [0.2, 0.25) is 0 Å². The van der Waals surface area contributed by atoms with Crippen molar-refractivity contribution in [3.8, 4) is 16.9 Å². The third-order valence-corrected chi connectivity index (χ3v) is 4.82. The molecule has 144 valence electrons. The van der Waals surface area contributed by atoms with E-state index < -0.39 is 11.7 Å². The molecule has 1 amide bonds. The molecule has 0 aromatic heterocycles. The first kappa shape index (κ1) is 19.2. The van der Waals surface area contributed by atoms with Crippen molar-refractivity contribution < 1.29 is 27.8 Å². The normalized spacial score (nSPS) is 17.2. The van der Waals surface area contributed by atoms with Gasteiger partial charge in [0.25, 0.3) is 5.91 Å². The largest absolute Gasteiger partial charge is 0.496 e. The highest BCUT2D eigenvalue weighted by molar-refractivity contribution is 5.95. The first-order valence-corrected chi connectivity index (χ1v) is 8.62. The molecule has 2 aromatic rings. The number of hydrogen-bond donors (Lipinski definition) is 1. The summed E-state index contributed by atoms with van der Waals surface area (Å²) in [5.41, 5.74) is 0.561. The van der Waals surface area contributed by atoms with E-state index >= 15 is 0 Å². The standard InChI is InChI=1S/C20H20F3NO3/c1-27-18-9-8-15(11-17(18)20(21,22)23)13-4-6-14(7-5-13)19(26)24-10-2-3-16(24)12-25/h4-9,11,16,25H,2-3,10,12H2,1H3/t16-/m0/s1. The lowest BCUT2D eigenvalue weighted by Gasteiger charge is -2.23. The van der Waals surface area contributed by atoms with Crippen LogP contribution in [-0.4, -0.2) is 42.2 Å². The number of ether oxygens (including phenoxy) is 1. The minimum atomic E-state index is -4.52. The zero-order chi connectivity index (χ0) is 19.6. The summed E-state index contributed by atoms with van der Waals surface area (Å²) in [6.07, 6.45) is -2.90. The molecule has 4 nitrogen and oxygen atoms in total. The van der Waals surface area contributed by atoms with Crippen LogP contribution in [0.1, 0.15) is 28.8 Å². The minimum absolute atomic E-state index is 0.0735. The molecule has 7 heteroatoms. The smallest absolute Gasteiger partial charge is 0.419 e. The molecule has 2 aromatic carbocycles. The summed E-state index contributed by atoms with van der Waals surface area (Å²) in [6.45, 7) is 0.523. The summed E-state index contributed by atoms with van der Waals surface area (Å²) >= 11 is 0. The van der Waals surface area contributed by atoms with E-state index in [1.54, 1.807) is 35.2 Å². The van der Waals surface area contributed by atoms with Crippen LogP contribution < -0.4 is 4.74 Å². The number of carbonyl (C=O) groups is 1. The molecule has 1 heterocycles. The number of methoxy groups -OCH3 is 1. The fraction of sp³-hybridized carbons (Fsp3) is 0.350. The summed E-state index contributed by atoms with van der Waals surface area (Å²) in [4.78, 5) is 14.2. The Labute approximate surface area is 155 Å². The molecule has 0 spiro atoms. The topological polar surface area (TPSA) is 49.8 Å². The molecule has 0 radical (unpaired) electrons. The molecule has 1 fully saturated rings. The average molecular weight is 379 g/mol. The van der Waals surface area contributed by atoms with Crippen LogP contribution in [0.15, 0.2) is 42.5 Å². The molecule has 0 unspecified atom stereocenters. The lowest BCUT2D eigenvalue weighted by molar-refractivity contribution is -0.138. The maximum Gasteiger partial charge on any atom is 0.419 e. The number of aliphatic hydroxyl groups is 1. The molecule has 0 bridgehead atoms. The summed E-state index contributed by atoms with van der Waals surface area (Å²) in [7, 11) is 1.20. The molecule has 3 rings (SSSR count). The van der Waals surface area contributed by atoms with Crippen molar-refractivity contribution in [1.82, 2.24) is 4.90 Å². The van der Waals surface area contributed by atoms with E-state index in [2.05, 4.69) is 0 Å². The Hall–Kier alpha value is -2.54. The first-order chi connectivity index (χ1) is 12.8. The number of hydrogen-bond acceptors (Lipinski definition) is 3. The third-order valence-electron chi connectivity index (χ3n) is 4.82. The van der Waals surface area contributed by atoms with E-state index in [1.807, 2.05) is 0 Å². The minimum Gasteiger partial charge on any atom is -0.496 e. The van der Waals surface area contributed by atoms with E-state index in [4.69, 9.17) is 4.74 Å². The van der Waals surface area contributed by atoms with Crippen LogP contribution in [0.25, 0.3) is 11.1 Å². The fourth-order valence-electron chi connectivity index (χ4n) is 3.37. The van der Waals surface area contributed by atoms with Crippen molar-refractivity contribution in [2.24, 2.45) is 0 Å². The van der Waals surface area contributed by atoms with Crippen LogP contribution in [-0.2, 0) is 6.18 Å². The van der Waals surface area contributed by atoms with Crippen molar-refractivity contribution in [3.05, 3.63) is 53.6 Å². The summed E-state index contributed by atoms with van der Waals surface area (Å²) in [5, 5.41) is 9.36. The number of amides is 1. The average Bonchev–Trinajstić information content (AvgIpc) is 3.15. The second kappa shape index (κ2) is 7.60. The van der Waals surface area contributed by atoms with Crippen LogP contribution >= 0.6 is 0 Å². The van der Waals surface area contributed by atoms with E-state index in [0.717, 1.165) is 18.9 Å². The molecule has 1 atom stereocenters. The van der Waals surface area contributed by atoms with Crippen LogP contribution in [0.3, 0.4) is 0 Å². The third kappa shape index (κ3) is 3.93. The van der Waals surface area contributed by atoms with Gasteiger partial charge in [-0.15, -0.1) is 0 Å².